The van der Waals surface area contributed by atoms with Gasteiger partial charge in [-0.15, -0.1) is 12.4 Å². The van der Waals surface area contributed by atoms with Crippen LogP contribution in [0.15, 0.2) is 24.3 Å². The Hall–Kier alpha value is -1.47. The molecule has 108 valence electrons. The molecule has 0 heterocycles. The van der Waals surface area contributed by atoms with Gasteiger partial charge in [0, 0.05) is 13.1 Å². The summed E-state index contributed by atoms with van der Waals surface area (Å²) in [5.74, 6) is -0.175. The van der Waals surface area contributed by atoms with Crippen LogP contribution in [-0.2, 0) is 11.0 Å². The number of carbonyl (C=O) groups is 1. The van der Waals surface area contributed by atoms with Gasteiger partial charge in [-0.1, -0.05) is 0 Å². The molecule has 0 bridgehead atoms. The number of halogens is 4. The molecule has 3 N–H and O–H groups in total. The van der Waals surface area contributed by atoms with Gasteiger partial charge in [-0.25, -0.2) is 0 Å². The van der Waals surface area contributed by atoms with Crippen molar-refractivity contribution in [3.63, 3.8) is 0 Å². The monoisotopic (exact) mass is 298 g/mol. The van der Waals surface area contributed by atoms with E-state index in [1.54, 1.807) is 0 Å². The van der Waals surface area contributed by atoms with E-state index in [2.05, 4.69) is 5.32 Å². The van der Waals surface area contributed by atoms with Crippen molar-refractivity contribution in [3.8, 4) is 5.75 Å². The van der Waals surface area contributed by atoms with Crippen molar-refractivity contribution in [2.45, 2.75) is 6.18 Å². The van der Waals surface area contributed by atoms with E-state index in [9.17, 15) is 18.0 Å². The molecule has 0 radical (unpaired) electrons. The molecule has 1 aromatic carbocycles. The Balaban J connectivity index is 0.00000324. The van der Waals surface area contributed by atoms with E-state index in [-0.39, 0.29) is 30.7 Å². The first kappa shape index (κ1) is 17.5. The number of nitrogens with one attached hydrogen (secondary N) is 1. The summed E-state index contributed by atoms with van der Waals surface area (Å²) in [4.78, 5) is 11.1. The van der Waals surface area contributed by atoms with Crippen LogP contribution in [0.4, 0.5) is 13.2 Å². The van der Waals surface area contributed by atoms with Crippen LogP contribution in [0.3, 0.4) is 0 Å². The predicted octanol–water partition coefficient (Wildman–Crippen LogP) is 1.58. The highest BCUT2D eigenvalue weighted by Crippen LogP contribution is 2.30. The third-order valence-electron chi connectivity index (χ3n) is 2.02. The topological polar surface area (TPSA) is 64.3 Å². The van der Waals surface area contributed by atoms with Gasteiger partial charge in [0.2, 0.25) is 0 Å². The molecule has 8 heteroatoms. The minimum Gasteiger partial charge on any atom is -0.484 e. The van der Waals surface area contributed by atoms with Crippen LogP contribution in [0, 0.1) is 0 Å². The van der Waals surface area contributed by atoms with Gasteiger partial charge in [-0.05, 0) is 24.3 Å². The van der Waals surface area contributed by atoms with Crippen LogP contribution < -0.4 is 15.8 Å². The van der Waals surface area contributed by atoms with Crippen molar-refractivity contribution in [1.82, 2.24) is 5.32 Å². The molecule has 0 aliphatic carbocycles. The summed E-state index contributed by atoms with van der Waals surface area (Å²) < 4.78 is 41.8. The van der Waals surface area contributed by atoms with Gasteiger partial charge in [0.1, 0.15) is 5.75 Å². The van der Waals surface area contributed by atoms with Crippen LogP contribution in [-0.4, -0.2) is 25.6 Å². The molecule has 0 unspecified atom stereocenters. The molecule has 0 aliphatic heterocycles. The Bertz CT molecular complexity index is 396. The van der Waals surface area contributed by atoms with Crippen molar-refractivity contribution in [1.29, 1.82) is 0 Å². The second-order valence-corrected chi connectivity index (χ2v) is 3.45. The summed E-state index contributed by atoms with van der Waals surface area (Å²) in [6.45, 7) is 0.382. The third kappa shape index (κ3) is 6.30. The van der Waals surface area contributed by atoms with E-state index in [1.807, 2.05) is 0 Å². The van der Waals surface area contributed by atoms with Crippen molar-refractivity contribution in [2.75, 3.05) is 19.7 Å². The molecule has 0 saturated carbocycles. The fourth-order valence-corrected chi connectivity index (χ4v) is 1.15. The highest BCUT2D eigenvalue weighted by atomic mass is 35.5. The molecule has 0 aromatic heterocycles. The number of benzene rings is 1. The van der Waals surface area contributed by atoms with Gasteiger partial charge < -0.3 is 15.8 Å². The first-order valence-electron chi connectivity index (χ1n) is 5.20. The molecule has 1 aromatic rings. The van der Waals surface area contributed by atoms with Gasteiger partial charge in [-0.2, -0.15) is 13.2 Å². The summed E-state index contributed by atoms with van der Waals surface area (Å²) in [5.41, 5.74) is 4.42. The highest BCUT2D eigenvalue weighted by molar-refractivity contribution is 5.85. The molecule has 1 rings (SSSR count). The maximum atomic E-state index is 12.3. The van der Waals surface area contributed by atoms with Crippen LogP contribution in [0.1, 0.15) is 5.56 Å². The van der Waals surface area contributed by atoms with Crippen molar-refractivity contribution < 1.29 is 22.7 Å². The average Bonchev–Trinajstić information content (AvgIpc) is 2.33. The van der Waals surface area contributed by atoms with Gasteiger partial charge in [0.25, 0.3) is 5.91 Å². The summed E-state index contributed by atoms with van der Waals surface area (Å²) in [5, 5.41) is 2.47. The molecule has 1 amide bonds. The largest absolute Gasteiger partial charge is 0.484 e. The van der Waals surface area contributed by atoms with Crippen LogP contribution in [0.2, 0.25) is 0 Å². The zero-order chi connectivity index (χ0) is 13.6. The summed E-state index contributed by atoms with van der Waals surface area (Å²) >= 11 is 0. The van der Waals surface area contributed by atoms with Gasteiger partial charge in [0.15, 0.2) is 6.61 Å². The zero-order valence-corrected chi connectivity index (χ0v) is 10.7. The minimum absolute atomic E-state index is 0. The van der Waals surface area contributed by atoms with Crippen LogP contribution in [0.5, 0.6) is 5.75 Å². The highest BCUT2D eigenvalue weighted by Gasteiger charge is 2.29. The fraction of sp³-hybridized carbons (Fsp3) is 0.364. The van der Waals surface area contributed by atoms with E-state index >= 15 is 0 Å². The van der Waals surface area contributed by atoms with E-state index in [0.29, 0.717) is 13.1 Å². The number of alkyl halides is 3. The lowest BCUT2D eigenvalue weighted by molar-refractivity contribution is -0.137. The molecule has 4 nitrogen and oxygen atoms in total. The lowest BCUT2D eigenvalue weighted by Gasteiger charge is -2.09. The fourth-order valence-electron chi connectivity index (χ4n) is 1.15. The second-order valence-electron chi connectivity index (χ2n) is 3.45. The SMILES string of the molecule is Cl.NCCNC(=O)COc1ccc(C(F)(F)F)cc1. The molecular formula is C11H14ClF3N2O2. The number of hydrogen-bond acceptors (Lipinski definition) is 3. The Kier molecular flexibility index (Phi) is 7.25. The smallest absolute Gasteiger partial charge is 0.416 e. The molecular weight excluding hydrogens is 285 g/mol. The number of nitrogens with two attached hydrogens (primary N) is 1. The predicted molar refractivity (Wildman–Crippen MR) is 66.3 cm³/mol. The second kappa shape index (κ2) is 7.85. The lowest BCUT2D eigenvalue weighted by Crippen LogP contribution is -2.32. The van der Waals surface area contributed by atoms with Crippen LogP contribution >= 0.6 is 12.4 Å². The third-order valence-corrected chi connectivity index (χ3v) is 2.02. The van der Waals surface area contributed by atoms with Gasteiger partial charge >= 0.3 is 6.18 Å². The molecule has 0 fully saturated rings. The molecule has 0 saturated heterocycles. The van der Waals surface area contributed by atoms with E-state index in [0.717, 1.165) is 12.1 Å². The Morgan fingerprint density at radius 2 is 1.84 bits per heavy atom. The van der Waals surface area contributed by atoms with E-state index in [4.69, 9.17) is 10.5 Å². The quantitative estimate of drug-likeness (QED) is 0.867. The molecule has 0 spiro atoms. The number of amides is 1. The van der Waals surface area contributed by atoms with Crippen molar-refractivity contribution in [2.24, 2.45) is 5.73 Å². The Morgan fingerprint density at radius 3 is 2.32 bits per heavy atom. The molecule has 0 atom stereocenters. The number of ether oxygens (including phenoxy) is 1. The summed E-state index contributed by atoms with van der Waals surface area (Å²) in [6.07, 6.45) is -4.38. The van der Waals surface area contributed by atoms with Crippen LogP contribution in [0.25, 0.3) is 0 Å². The van der Waals surface area contributed by atoms with Crippen molar-refractivity contribution >= 4 is 18.3 Å². The number of carbonyl (C=O) groups excluding carboxylic acids is 1. The Morgan fingerprint density at radius 1 is 1.26 bits per heavy atom. The number of hydrogen-bond donors (Lipinski definition) is 2. The molecule has 0 aliphatic rings. The average molecular weight is 299 g/mol. The standard InChI is InChI=1S/C11H13F3N2O2.ClH/c12-11(13,14)8-1-3-9(4-2-8)18-7-10(17)16-6-5-15;/h1-4H,5-7,15H2,(H,16,17);1H. The summed E-state index contributed by atoms with van der Waals surface area (Å²) in [6, 6.07) is 4.12. The lowest BCUT2D eigenvalue weighted by atomic mass is 10.2. The first-order chi connectivity index (χ1) is 8.43. The molecule has 19 heavy (non-hydrogen) atoms. The maximum Gasteiger partial charge on any atom is 0.416 e. The Labute approximate surface area is 114 Å². The number of rotatable bonds is 5. The van der Waals surface area contributed by atoms with Crippen molar-refractivity contribution in [3.05, 3.63) is 29.8 Å². The van der Waals surface area contributed by atoms with E-state index < -0.39 is 11.7 Å². The minimum atomic E-state index is -4.38. The zero-order valence-electron chi connectivity index (χ0n) is 9.87. The summed E-state index contributed by atoms with van der Waals surface area (Å²) in [7, 11) is 0. The van der Waals surface area contributed by atoms with Gasteiger partial charge in [0.05, 0.1) is 5.56 Å². The normalized spacial score (nSPS) is 10.5. The van der Waals surface area contributed by atoms with E-state index in [1.165, 1.54) is 12.1 Å². The van der Waals surface area contributed by atoms with Gasteiger partial charge in [-0.3, -0.25) is 4.79 Å². The first-order valence-corrected chi connectivity index (χ1v) is 5.20. The maximum absolute atomic E-state index is 12.3.